The average molecular weight is 227 g/mol. The zero-order valence-corrected chi connectivity index (χ0v) is 11.6. The van der Waals surface area contributed by atoms with E-state index < -0.39 is 5.60 Å². The normalized spacial score (nSPS) is 21.6. The van der Waals surface area contributed by atoms with E-state index >= 15 is 0 Å². The second-order valence-electron chi connectivity index (χ2n) is 5.60. The molecule has 2 heteroatoms. The van der Waals surface area contributed by atoms with E-state index in [1.807, 2.05) is 0 Å². The van der Waals surface area contributed by atoms with Gasteiger partial charge in [-0.3, -0.25) is 4.90 Å². The molecule has 96 valence electrons. The first-order chi connectivity index (χ1) is 7.53. The lowest BCUT2D eigenvalue weighted by Crippen LogP contribution is -2.42. The molecule has 0 aromatic carbocycles. The van der Waals surface area contributed by atoms with E-state index in [0.717, 1.165) is 19.4 Å². The van der Waals surface area contributed by atoms with Crippen molar-refractivity contribution in [2.24, 2.45) is 5.41 Å². The maximum absolute atomic E-state index is 10.4. The summed E-state index contributed by atoms with van der Waals surface area (Å²) in [6, 6.07) is 0. The SMILES string of the molecule is CCC(O)(CC)CN1CCC(CC)(CC)C1. The van der Waals surface area contributed by atoms with Crippen LogP contribution in [0.25, 0.3) is 0 Å². The van der Waals surface area contributed by atoms with E-state index in [-0.39, 0.29) is 0 Å². The minimum Gasteiger partial charge on any atom is -0.389 e. The topological polar surface area (TPSA) is 23.5 Å². The molecule has 0 atom stereocenters. The molecule has 16 heavy (non-hydrogen) atoms. The minimum absolute atomic E-state index is 0.461. The summed E-state index contributed by atoms with van der Waals surface area (Å²) in [6.07, 6.45) is 5.59. The first-order valence-electron chi connectivity index (χ1n) is 6.98. The summed E-state index contributed by atoms with van der Waals surface area (Å²) in [4.78, 5) is 2.47. The fraction of sp³-hybridized carbons (Fsp3) is 1.00. The van der Waals surface area contributed by atoms with Crippen molar-refractivity contribution in [3.63, 3.8) is 0 Å². The van der Waals surface area contributed by atoms with Crippen molar-refractivity contribution in [1.82, 2.24) is 4.90 Å². The van der Waals surface area contributed by atoms with Gasteiger partial charge in [-0.1, -0.05) is 27.7 Å². The Balaban J connectivity index is 2.53. The van der Waals surface area contributed by atoms with E-state index in [1.54, 1.807) is 0 Å². The van der Waals surface area contributed by atoms with Crippen LogP contribution in [-0.2, 0) is 0 Å². The van der Waals surface area contributed by atoms with Crippen LogP contribution >= 0.6 is 0 Å². The van der Waals surface area contributed by atoms with E-state index in [1.165, 1.54) is 32.4 Å². The van der Waals surface area contributed by atoms with Gasteiger partial charge in [0.25, 0.3) is 0 Å². The van der Waals surface area contributed by atoms with E-state index in [2.05, 4.69) is 32.6 Å². The van der Waals surface area contributed by atoms with Gasteiger partial charge in [0.1, 0.15) is 0 Å². The Morgan fingerprint density at radius 3 is 2.06 bits per heavy atom. The number of likely N-dealkylation sites (tertiary alicyclic amines) is 1. The third kappa shape index (κ3) is 2.98. The Labute approximate surface area is 101 Å². The zero-order valence-electron chi connectivity index (χ0n) is 11.6. The second kappa shape index (κ2) is 5.50. The molecule has 0 aliphatic carbocycles. The summed E-state index contributed by atoms with van der Waals surface area (Å²) >= 11 is 0. The Hall–Kier alpha value is -0.0800. The van der Waals surface area contributed by atoms with Crippen LogP contribution in [0.2, 0.25) is 0 Å². The molecule has 1 aliphatic rings. The molecule has 1 fully saturated rings. The first-order valence-corrected chi connectivity index (χ1v) is 6.98. The van der Waals surface area contributed by atoms with Gasteiger partial charge >= 0.3 is 0 Å². The Morgan fingerprint density at radius 1 is 1.12 bits per heavy atom. The highest BCUT2D eigenvalue weighted by Crippen LogP contribution is 2.37. The number of aliphatic hydroxyl groups is 1. The average Bonchev–Trinajstić information content (AvgIpc) is 2.73. The van der Waals surface area contributed by atoms with Crippen LogP contribution in [0.1, 0.15) is 59.8 Å². The molecule has 1 N–H and O–H groups in total. The predicted octanol–water partition coefficient (Wildman–Crippen LogP) is 3.05. The number of rotatable bonds is 6. The third-order valence-corrected chi connectivity index (χ3v) is 4.85. The lowest BCUT2D eigenvalue weighted by molar-refractivity contribution is -0.000405. The second-order valence-corrected chi connectivity index (χ2v) is 5.60. The maximum Gasteiger partial charge on any atom is 0.0768 e. The summed E-state index contributed by atoms with van der Waals surface area (Å²) < 4.78 is 0. The van der Waals surface area contributed by atoms with Crippen molar-refractivity contribution >= 4 is 0 Å². The van der Waals surface area contributed by atoms with Crippen molar-refractivity contribution < 1.29 is 5.11 Å². The van der Waals surface area contributed by atoms with Gasteiger partial charge in [0.05, 0.1) is 5.60 Å². The lowest BCUT2D eigenvalue weighted by atomic mass is 9.82. The molecule has 0 aromatic heterocycles. The molecule has 0 amide bonds. The van der Waals surface area contributed by atoms with Crippen LogP contribution in [0.4, 0.5) is 0 Å². The van der Waals surface area contributed by atoms with Crippen molar-refractivity contribution in [3.8, 4) is 0 Å². The van der Waals surface area contributed by atoms with Gasteiger partial charge in [0.15, 0.2) is 0 Å². The number of nitrogens with zero attached hydrogens (tertiary/aromatic N) is 1. The van der Waals surface area contributed by atoms with Gasteiger partial charge < -0.3 is 5.11 Å². The van der Waals surface area contributed by atoms with Gasteiger partial charge in [0, 0.05) is 13.1 Å². The predicted molar refractivity (Wildman–Crippen MR) is 69.6 cm³/mol. The molecule has 0 aromatic rings. The monoisotopic (exact) mass is 227 g/mol. The summed E-state index contributed by atoms with van der Waals surface area (Å²) in [5.41, 5.74) is 0.0694. The van der Waals surface area contributed by atoms with Gasteiger partial charge in [0.2, 0.25) is 0 Å². The highest BCUT2D eigenvalue weighted by atomic mass is 16.3. The minimum atomic E-state index is -0.461. The molecule has 1 heterocycles. The molecular weight excluding hydrogens is 198 g/mol. The number of hydrogen-bond acceptors (Lipinski definition) is 2. The molecule has 0 unspecified atom stereocenters. The number of hydrogen-bond donors (Lipinski definition) is 1. The summed E-state index contributed by atoms with van der Waals surface area (Å²) in [7, 11) is 0. The summed E-state index contributed by atoms with van der Waals surface area (Å²) in [5, 5.41) is 10.4. The molecule has 0 radical (unpaired) electrons. The van der Waals surface area contributed by atoms with Crippen LogP contribution in [0.5, 0.6) is 0 Å². The molecule has 1 rings (SSSR count). The molecular formula is C14H29NO. The summed E-state index contributed by atoms with van der Waals surface area (Å²) in [6.45, 7) is 12.0. The Morgan fingerprint density at radius 2 is 1.69 bits per heavy atom. The standard InChI is InChI=1S/C14H29NO/c1-5-13(6-2)9-10-15(11-13)12-14(16,7-3)8-4/h16H,5-12H2,1-4H3. The van der Waals surface area contributed by atoms with Crippen LogP contribution < -0.4 is 0 Å². The Kier molecular flexibility index (Phi) is 4.81. The molecule has 2 nitrogen and oxygen atoms in total. The zero-order chi connectivity index (χ0) is 12.2. The first kappa shape index (κ1) is 14.0. The highest BCUT2D eigenvalue weighted by molar-refractivity contribution is 4.91. The third-order valence-electron chi connectivity index (χ3n) is 4.85. The fourth-order valence-corrected chi connectivity index (χ4v) is 2.88. The molecule has 1 aliphatic heterocycles. The van der Waals surface area contributed by atoms with Crippen molar-refractivity contribution in [2.75, 3.05) is 19.6 Å². The largest absolute Gasteiger partial charge is 0.389 e. The van der Waals surface area contributed by atoms with Crippen LogP contribution in [0.15, 0.2) is 0 Å². The molecule has 0 spiro atoms. The van der Waals surface area contributed by atoms with E-state index in [4.69, 9.17) is 0 Å². The lowest BCUT2D eigenvalue weighted by Gasteiger charge is -2.32. The van der Waals surface area contributed by atoms with Gasteiger partial charge in [-0.15, -0.1) is 0 Å². The molecule has 0 bridgehead atoms. The quantitative estimate of drug-likeness (QED) is 0.754. The van der Waals surface area contributed by atoms with Crippen LogP contribution in [0, 0.1) is 5.41 Å². The summed E-state index contributed by atoms with van der Waals surface area (Å²) in [5.74, 6) is 0. The van der Waals surface area contributed by atoms with Gasteiger partial charge in [-0.2, -0.15) is 0 Å². The van der Waals surface area contributed by atoms with Crippen molar-refractivity contribution in [2.45, 2.75) is 65.4 Å². The van der Waals surface area contributed by atoms with Gasteiger partial charge in [-0.25, -0.2) is 0 Å². The van der Waals surface area contributed by atoms with Crippen LogP contribution in [0.3, 0.4) is 0 Å². The van der Waals surface area contributed by atoms with Crippen LogP contribution in [-0.4, -0.2) is 35.2 Å². The Bertz CT molecular complexity index is 207. The van der Waals surface area contributed by atoms with E-state index in [9.17, 15) is 5.11 Å². The van der Waals surface area contributed by atoms with Gasteiger partial charge in [-0.05, 0) is 44.1 Å². The number of β-amino-alcohol motifs (C(OH)–C–C–N with tert-alkyl or cyclic N) is 1. The smallest absolute Gasteiger partial charge is 0.0768 e. The van der Waals surface area contributed by atoms with E-state index in [0.29, 0.717) is 5.41 Å². The molecule has 1 saturated heterocycles. The molecule has 0 saturated carbocycles. The van der Waals surface area contributed by atoms with Crippen molar-refractivity contribution in [3.05, 3.63) is 0 Å². The maximum atomic E-state index is 10.4. The van der Waals surface area contributed by atoms with Crippen molar-refractivity contribution in [1.29, 1.82) is 0 Å². The fourth-order valence-electron chi connectivity index (χ4n) is 2.88. The highest BCUT2D eigenvalue weighted by Gasteiger charge is 2.37.